The van der Waals surface area contributed by atoms with Crippen LogP contribution in [0.1, 0.15) is 11.1 Å². The molecular formula is C15H13N3O2. The van der Waals surface area contributed by atoms with Gasteiger partial charge in [0.05, 0.1) is 5.56 Å². The van der Waals surface area contributed by atoms with Gasteiger partial charge in [-0.2, -0.15) is 5.26 Å². The number of hydrogen-bond acceptors (Lipinski definition) is 4. The molecule has 0 bridgehead atoms. The second kappa shape index (κ2) is 6.34. The van der Waals surface area contributed by atoms with Crippen LogP contribution in [0.25, 0.3) is 0 Å². The Bertz CT molecular complexity index is 645. The number of ether oxygens (including phenoxy) is 1. The van der Waals surface area contributed by atoms with Crippen molar-refractivity contribution < 1.29 is 9.53 Å². The van der Waals surface area contributed by atoms with Gasteiger partial charge in [-0.25, -0.2) is 4.98 Å². The molecule has 5 heteroatoms. The molecule has 0 saturated heterocycles. The minimum atomic E-state index is -0.325. The number of nitrogens with one attached hydrogen (secondary N) is 1. The molecule has 0 radical (unpaired) electrons. The van der Waals surface area contributed by atoms with Gasteiger partial charge in [-0.1, -0.05) is 18.2 Å². The van der Waals surface area contributed by atoms with Crippen molar-refractivity contribution in [3.05, 3.63) is 53.7 Å². The van der Waals surface area contributed by atoms with E-state index in [2.05, 4.69) is 10.3 Å². The highest BCUT2D eigenvalue weighted by Crippen LogP contribution is 2.16. The number of benzene rings is 1. The third kappa shape index (κ3) is 3.56. The summed E-state index contributed by atoms with van der Waals surface area (Å²) in [6.07, 6.45) is 1.67. The number of para-hydroxylation sites is 1. The van der Waals surface area contributed by atoms with Crippen molar-refractivity contribution in [1.29, 1.82) is 5.26 Å². The van der Waals surface area contributed by atoms with Gasteiger partial charge in [0.1, 0.15) is 17.6 Å². The van der Waals surface area contributed by atoms with Crippen LogP contribution in [0.4, 0.5) is 5.82 Å². The minimum absolute atomic E-state index is 0.172. The number of pyridine rings is 1. The molecule has 0 saturated carbocycles. The van der Waals surface area contributed by atoms with Crippen molar-refractivity contribution in [1.82, 2.24) is 4.98 Å². The molecular weight excluding hydrogens is 254 g/mol. The van der Waals surface area contributed by atoms with E-state index in [1.165, 1.54) is 0 Å². The highest BCUT2D eigenvalue weighted by Gasteiger charge is 2.07. The molecule has 1 N–H and O–H groups in total. The van der Waals surface area contributed by atoms with Gasteiger partial charge in [0.2, 0.25) is 0 Å². The van der Waals surface area contributed by atoms with E-state index in [4.69, 9.17) is 10.00 Å². The summed E-state index contributed by atoms with van der Waals surface area (Å²) in [6.45, 7) is 1.74. The van der Waals surface area contributed by atoms with E-state index in [-0.39, 0.29) is 12.5 Å². The van der Waals surface area contributed by atoms with Crippen molar-refractivity contribution in [3.63, 3.8) is 0 Å². The Balaban J connectivity index is 1.92. The normalized spacial score (nSPS) is 9.60. The lowest BCUT2D eigenvalue weighted by Gasteiger charge is -2.08. The van der Waals surface area contributed by atoms with Crippen LogP contribution in [0, 0.1) is 18.3 Å². The zero-order valence-corrected chi connectivity index (χ0v) is 11.0. The fraction of sp³-hybridized carbons (Fsp3) is 0.133. The van der Waals surface area contributed by atoms with Crippen molar-refractivity contribution in [3.8, 4) is 11.8 Å². The first-order chi connectivity index (χ1) is 9.69. The summed E-state index contributed by atoms with van der Waals surface area (Å²) < 4.78 is 5.32. The summed E-state index contributed by atoms with van der Waals surface area (Å²) in [7, 11) is 0. The molecule has 100 valence electrons. The number of anilines is 1. The average molecular weight is 267 g/mol. The van der Waals surface area contributed by atoms with Gasteiger partial charge in [0.25, 0.3) is 5.91 Å². The van der Waals surface area contributed by atoms with E-state index in [9.17, 15) is 4.79 Å². The van der Waals surface area contributed by atoms with E-state index in [0.29, 0.717) is 17.1 Å². The van der Waals surface area contributed by atoms with Crippen LogP contribution in [0.5, 0.6) is 5.75 Å². The average Bonchev–Trinajstić information content (AvgIpc) is 2.48. The zero-order chi connectivity index (χ0) is 14.4. The van der Waals surface area contributed by atoms with Gasteiger partial charge in [0, 0.05) is 6.20 Å². The number of aromatic nitrogens is 1. The van der Waals surface area contributed by atoms with Crippen LogP contribution in [0.2, 0.25) is 0 Å². The number of aryl methyl sites for hydroxylation is 1. The lowest BCUT2D eigenvalue weighted by molar-refractivity contribution is -0.118. The van der Waals surface area contributed by atoms with Crippen molar-refractivity contribution in [2.45, 2.75) is 6.92 Å². The van der Waals surface area contributed by atoms with Crippen LogP contribution >= 0.6 is 0 Å². The number of carbonyl (C=O) groups excluding carboxylic acids is 1. The van der Waals surface area contributed by atoms with Crippen LogP contribution in [-0.4, -0.2) is 17.5 Å². The Labute approximate surface area is 116 Å². The summed E-state index contributed by atoms with van der Waals surface area (Å²) >= 11 is 0. The first kappa shape index (κ1) is 13.6. The maximum Gasteiger partial charge on any atom is 0.263 e. The first-order valence-corrected chi connectivity index (χ1v) is 6.03. The fourth-order valence-corrected chi connectivity index (χ4v) is 1.55. The minimum Gasteiger partial charge on any atom is -0.482 e. The third-order valence-electron chi connectivity index (χ3n) is 2.55. The molecule has 2 rings (SSSR count). The Morgan fingerprint density at radius 2 is 2.15 bits per heavy atom. The quantitative estimate of drug-likeness (QED) is 0.922. The molecule has 1 heterocycles. The zero-order valence-electron chi connectivity index (χ0n) is 11.0. The molecule has 0 aliphatic carbocycles. The first-order valence-electron chi connectivity index (χ1n) is 6.03. The smallest absolute Gasteiger partial charge is 0.263 e. The SMILES string of the molecule is Cc1ccc(NC(=O)COc2ccccc2C#N)nc1. The summed E-state index contributed by atoms with van der Waals surface area (Å²) in [4.78, 5) is 15.8. The van der Waals surface area contributed by atoms with Gasteiger partial charge < -0.3 is 10.1 Å². The standard InChI is InChI=1S/C15H13N3O2/c1-11-6-7-14(17-9-11)18-15(19)10-20-13-5-3-2-4-12(13)8-16/h2-7,9H,10H2,1H3,(H,17,18,19). The van der Waals surface area contributed by atoms with Crippen molar-refractivity contribution in [2.24, 2.45) is 0 Å². The van der Waals surface area contributed by atoms with E-state index in [0.717, 1.165) is 5.56 Å². The predicted molar refractivity (Wildman–Crippen MR) is 74.3 cm³/mol. The molecule has 1 aromatic carbocycles. The Hall–Kier alpha value is -2.87. The molecule has 0 fully saturated rings. The van der Waals surface area contributed by atoms with E-state index in [1.807, 2.05) is 19.1 Å². The number of nitrogens with zero attached hydrogens (tertiary/aromatic N) is 2. The monoisotopic (exact) mass is 267 g/mol. The van der Waals surface area contributed by atoms with Gasteiger partial charge in [-0.15, -0.1) is 0 Å². The molecule has 0 spiro atoms. The van der Waals surface area contributed by atoms with Gasteiger partial charge in [-0.05, 0) is 30.7 Å². The van der Waals surface area contributed by atoms with Gasteiger partial charge in [-0.3, -0.25) is 4.79 Å². The van der Waals surface area contributed by atoms with Crippen molar-refractivity contribution >= 4 is 11.7 Å². The number of carbonyl (C=O) groups is 1. The highest BCUT2D eigenvalue weighted by atomic mass is 16.5. The topological polar surface area (TPSA) is 75.0 Å². The van der Waals surface area contributed by atoms with E-state index >= 15 is 0 Å². The largest absolute Gasteiger partial charge is 0.482 e. The summed E-state index contributed by atoms with van der Waals surface area (Å²) in [5.41, 5.74) is 1.41. The van der Waals surface area contributed by atoms with Crippen LogP contribution < -0.4 is 10.1 Å². The molecule has 0 atom stereocenters. The Morgan fingerprint density at radius 3 is 2.85 bits per heavy atom. The summed E-state index contributed by atoms with van der Waals surface area (Å²) in [6, 6.07) is 12.3. The molecule has 5 nitrogen and oxygen atoms in total. The number of hydrogen-bond donors (Lipinski definition) is 1. The van der Waals surface area contributed by atoms with Crippen molar-refractivity contribution in [2.75, 3.05) is 11.9 Å². The molecule has 0 unspecified atom stereocenters. The lowest BCUT2D eigenvalue weighted by Crippen LogP contribution is -2.21. The number of nitriles is 1. The Kier molecular flexibility index (Phi) is 4.30. The fourth-order valence-electron chi connectivity index (χ4n) is 1.55. The summed E-state index contributed by atoms with van der Waals surface area (Å²) in [5.74, 6) is 0.536. The van der Waals surface area contributed by atoms with Gasteiger partial charge in [0.15, 0.2) is 6.61 Å². The maximum absolute atomic E-state index is 11.7. The third-order valence-corrected chi connectivity index (χ3v) is 2.55. The van der Waals surface area contributed by atoms with Crippen LogP contribution in [0.15, 0.2) is 42.6 Å². The highest BCUT2D eigenvalue weighted by molar-refractivity contribution is 5.90. The molecule has 1 aromatic heterocycles. The Morgan fingerprint density at radius 1 is 1.35 bits per heavy atom. The van der Waals surface area contributed by atoms with E-state index in [1.54, 1.807) is 36.5 Å². The maximum atomic E-state index is 11.7. The second-order valence-corrected chi connectivity index (χ2v) is 4.17. The predicted octanol–water partition coefficient (Wildman–Crippen LogP) is 2.28. The summed E-state index contributed by atoms with van der Waals surface area (Å²) in [5, 5.41) is 11.5. The number of amides is 1. The second-order valence-electron chi connectivity index (χ2n) is 4.17. The van der Waals surface area contributed by atoms with Gasteiger partial charge >= 0.3 is 0 Å². The molecule has 0 aliphatic heterocycles. The molecule has 0 aliphatic rings. The molecule has 20 heavy (non-hydrogen) atoms. The lowest BCUT2D eigenvalue weighted by atomic mass is 10.2. The van der Waals surface area contributed by atoms with E-state index < -0.39 is 0 Å². The number of rotatable bonds is 4. The molecule has 2 aromatic rings. The van der Waals surface area contributed by atoms with Crippen LogP contribution in [0.3, 0.4) is 0 Å². The van der Waals surface area contributed by atoms with Crippen LogP contribution in [-0.2, 0) is 4.79 Å². The molecule has 1 amide bonds.